The predicted octanol–water partition coefficient (Wildman–Crippen LogP) is 4.29. The molecule has 0 bridgehead atoms. The third kappa shape index (κ3) is 6.58. The molecule has 2 aromatic carbocycles. The van der Waals surface area contributed by atoms with E-state index in [9.17, 15) is 14.4 Å². The number of amides is 5. The van der Waals surface area contributed by atoms with E-state index in [1.165, 1.54) is 24.0 Å². The Labute approximate surface area is 261 Å². The van der Waals surface area contributed by atoms with Crippen LogP contribution in [0.5, 0.6) is 0 Å². The number of carbonyl (C=O) groups is 3. The fourth-order valence-electron chi connectivity index (χ4n) is 7.47. The average Bonchev–Trinajstić information content (AvgIpc) is 3.49. The minimum Gasteiger partial charge on any atom is -0.338 e. The van der Waals surface area contributed by atoms with Crippen LogP contribution in [0.1, 0.15) is 61.8 Å². The Hall–Kier alpha value is -3.59. The summed E-state index contributed by atoms with van der Waals surface area (Å²) in [5.74, 6) is 0.0158. The van der Waals surface area contributed by atoms with Crippen molar-refractivity contribution < 1.29 is 14.4 Å². The van der Waals surface area contributed by atoms with E-state index in [2.05, 4.69) is 53.6 Å². The highest BCUT2D eigenvalue weighted by atomic mass is 16.2. The maximum atomic E-state index is 13.8. The van der Waals surface area contributed by atoms with Crippen LogP contribution >= 0.6 is 0 Å². The van der Waals surface area contributed by atoms with Gasteiger partial charge in [0.2, 0.25) is 5.91 Å². The van der Waals surface area contributed by atoms with Crippen LogP contribution in [0.2, 0.25) is 0 Å². The zero-order chi connectivity index (χ0) is 30.6. The zero-order valence-corrected chi connectivity index (χ0v) is 26.4. The molecule has 1 atom stereocenters. The lowest BCUT2D eigenvalue weighted by molar-refractivity contribution is -0.140. The second-order valence-electron chi connectivity index (χ2n) is 12.9. The van der Waals surface area contributed by atoms with E-state index in [4.69, 9.17) is 0 Å². The minimum absolute atomic E-state index is 0.0158. The summed E-state index contributed by atoms with van der Waals surface area (Å²) in [5, 5.41) is 6.22. The largest absolute Gasteiger partial charge is 0.338 e. The van der Waals surface area contributed by atoms with Crippen LogP contribution in [0.4, 0.5) is 15.3 Å². The van der Waals surface area contributed by atoms with Gasteiger partial charge in [0.1, 0.15) is 6.04 Å². The molecule has 2 aromatic rings. The van der Waals surface area contributed by atoms with Gasteiger partial charge < -0.3 is 25.3 Å². The van der Waals surface area contributed by atoms with Crippen LogP contribution in [0.3, 0.4) is 0 Å². The van der Waals surface area contributed by atoms with E-state index in [-0.39, 0.29) is 24.0 Å². The van der Waals surface area contributed by atoms with E-state index in [1.54, 1.807) is 0 Å². The van der Waals surface area contributed by atoms with Crippen molar-refractivity contribution in [3.05, 3.63) is 64.7 Å². The third-order valence-corrected chi connectivity index (χ3v) is 10.2. The van der Waals surface area contributed by atoms with Gasteiger partial charge in [-0.2, -0.15) is 0 Å². The number of fused-ring (bicyclic) bond motifs is 1. The highest BCUT2D eigenvalue weighted by molar-refractivity contribution is 5.91. The summed E-state index contributed by atoms with van der Waals surface area (Å²) in [5.41, 5.74) is 5.77. The summed E-state index contributed by atoms with van der Waals surface area (Å²) < 4.78 is 0. The van der Waals surface area contributed by atoms with Gasteiger partial charge in [0, 0.05) is 56.9 Å². The summed E-state index contributed by atoms with van der Waals surface area (Å²) in [6.07, 6.45) is 7.14. The number of para-hydroxylation sites is 1. The van der Waals surface area contributed by atoms with Crippen LogP contribution in [0.15, 0.2) is 42.5 Å². The molecular formula is C35H48N6O3. The third-order valence-electron chi connectivity index (χ3n) is 10.2. The molecule has 2 N–H and O–H groups in total. The Kier molecular flexibility index (Phi) is 9.40. The first-order valence-electron chi connectivity index (χ1n) is 16.8. The van der Waals surface area contributed by atoms with Crippen molar-refractivity contribution in [1.29, 1.82) is 0 Å². The second-order valence-corrected chi connectivity index (χ2v) is 12.9. The number of anilines is 1. The van der Waals surface area contributed by atoms with Crippen molar-refractivity contribution in [2.75, 3.05) is 51.1 Å². The van der Waals surface area contributed by atoms with E-state index < -0.39 is 6.04 Å². The number of carbonyl (C=O) groups excluding carboxylic acids is 3. The first-order valence-corrected chi connectivity index (χ1v) is 16.8. The summed E-state index contributed by atoms with van der Waals surface area (Å²) in [7, 11) is 0. The minimum atomic E-state index is -0.605. The first kappa shape index (κ1) is 30.4. The Bertz CT molecular complexity index is 1340. The van der Waals surface area contributed by atoms with Gasteiger partial charge in [-0.1, -0.05) is 50.2 Å². The summed E-state index contributed by atoms with van der Waals surface area (Å²) in [6, 6.07) is 14.1. The molecule has 0 aliphatic carbocycles. The van der Waals surface area contributed by atoms with E-state index in [0.717, 1.165) is 75.1 Å². The quantitative estimate of drug-likeness (QED) is 0.473. The van der Waals surface area contributed by atoms with E-state index in [0.29, 0.717) is 32.1 Å². The van der Waals surface area contributed by atoms with Crippen molar-refractivity contribution in [2.45, 2.75) is 83.3 Å². The highest BCUT2D eigenvalue weighted by Crippen LogP contribution is 2.26. The normalized spacial score (nSPS) is 20.5. The van der Waals surface area contributed by atoms with Crippen LogP contribution in [-0.4, -0.2) is 102 Å². The summed E-state index contributed by atoms with van der Waals surface area (Å²) in [4.78, 5) is 48.7. The fraction of sp³-hybridized carbons (Fsp3) is 0.571. The van der Waals surface area contributed by atoms with E-state index in [1.807, 2.05) is 32.9 Å². The maximum absolute atomic E-state index is 13.8. The van der Waals surface area contributed by atoms with Crippen molar-refractivity contribution in [3.8, 4) is 0 Å². The molecule has 4 aliphatic heterocycles. The Morgan fingerprint density at radius 3 is 2.34 bits per heavy atom. The SMILES string of the molecule is CCc1ccc(C[C@@H](NC(=O)N2CCC(N3CCc4ccccc4NC3=O)CC2)C(=O)N2CC(N3CCCC3)C2)cc1CC. The molecule has 9 heteroatoms. The number of aryl methyl sites for hydroxylation is 2. The Morgan fingerprint density at radius 1 is 0.886 bits per heavy atom. The number of nitrogens with zero attached hydrogens (tertiary/aromatic N) is 4. The number of nitrogens with one attached hydrogen (secondary N) is 2. The number of hydrogen-bond donors (Lipinski definition) is 2. The maximum Gasteiger partial charge on any atom is 0.322 e. The second kappa shape index (κ2) is 13.6. The first-order chi connectivity index (χ1) is 21.4. The van der Waals surface area contributed by atoms with Gasteiger partial charge in [0.15, 0.2) is 0 Å². The van der Waals surface area contributed by atoms with Gasteiger partial charge in [-0.3, -0.25) is 9.69 Å². The molecule has 6 rings (SSSR count). The molecule has 0 spiro atoms. The smallest absolute Gasteiger partial charge is 0.322 e. The van der Waals surface area contributed by atoms with Gasteiger partial charge in [0.25, 0.3) is 0 Å². The van der Waals surface area contributed by atoms with Crippen molar-refractivity contribution >= 4 is 23.7 Å². The molecule has 236 valence electrons. The fourth-order valence-corrected chi connectivity index (χ4v) is 7.47. The van der Waals surface area contributed by atoms with Gasteiger partial charge in [-0.15, -0.1) is 0 Å². The monoisotopic (exact) mass is 600 g/mol. The molecule has 0 aromatic heterocycles. The molecule has 44 heavy (non-hydrogen) atoms. The number of piperidine rings is 1. The van der Waals surface area contributed by atoms with Crippen LogP contribution in [-0.2, 0) is 30.5 Å². The van der Waals surface area contributed by atoms with Crippen molar-refractivity contribution in [2.24, 2.45) is 0 Å². The lowest BCUT2D eigenvalue weighted by Gasteiger charge is -2.45. The highest BCUT2D eigenvalue weighted by Gasteiger charge is 2.39. The standard InChI is InChI=1S/C35H48N6O3/c1-3-26-12-11-25(21-27(26)4-2)22-32(33(42)40-23-30(24-40)38-16-7-8-17-38)37-34(43)39-18-14-29(15-19-39)41-20-13-28-9-5-6-10-31(28)36-35(41)44/h5-6,9-12,21,29-30,32H,3-4,7-8,13-20,22-24H2,1-2H3,(H,36,44)(H,37,43)/t32-/m1/s1. The predicted molar refractivity (Wildman–Crippen MR) is 173 cm³/mol. The van der Waals surface area contributed by atoms with E-state index >= 15 is 0 Å². The summed E-state index contributed by atoms with van der Waals surface area (Å²) in [6.45, 7) is 9.85. The molecule has 9 nitrogen and oxygen atoms in total. The summed E-state index contributed by atoms with van der Waals surface area (Å²) >= 11 is 0. The lowest BCUT2D eigenvalue weighted by atomic mass is 9.95. The van der Waals surface area contributed by atoms with Gasteiger partial charge >= 0.3 is 12.1 Å². The molecule has 4 heterocycles. The molecule has 4 aliphatic rings. The van der Waals surface area contributed by atoms with Gasteiger partial charge in [-0.05, 0) is 86.4 Å². The van der Waals surface area contributed by atoms with Gasteiger partial charge in [0.05, 0.1) is 0 Å². The lowest BCUT2D eigenvalue weighted by Crippen LogP contribution is -2.64. The number of benzene rings is 2. The van der Waals surface area contributed by atoms with Crippen LogP contribution < -0.4 is 10.6 Å². The molecule has 0 radical (unpaired) electrons. The topological polar surface area (TPSA) is 88.2 Å². The Balaban J connectivity index is 1.08. The molecule has 0 saturated carbocycles. The van der Waals surface area contributed by atoms with Crippen LogP contribution in [0.25, 0.3) is 0 Å². The number of rotatable bonds is 8. The molecule has 0 unspecified atom stereocenters. The number of urea groups is 2. The molecule has 5 amide bonds. The number of hydrogen-bond acceptors (Lipinski definition) is 4. The zero-order valence-electron chi connectivity index (χ0n) is 26.4. The average molecular weight is 601 g/mol. The number of likely N-dealkylation sites (tertiary alicyclic amines) is 3. The van der Waals surface area contributed by atoms with Crippen molar-refractivity contribution in [1.82, 2.24) is 24.9 Å². The van der Waals surface area contributed by atoms with Gasteiger partial charge in [-0.25, -0.2) is 9.59 Å². The molecular weight excluding hydrogens is 552 g/mol. The van der Waals surface area contributed by atoms with Crippen LogP contribution in [0, 0.1) is 0 Å². The molecule has 3 saturated heterocycles. The Morgan fingerprint density at radius 2 is 1.61 bits per heavy atom. The van der Waals surface area contributed by atoms with Crippen molar-refractivity contribution in [3.63, 3.8) is 0 Å². The molecule has 3 fully saturated rings.